The highest BCUT2D eigenvalue weighted by molar-refractivity contribution is 6.31. The van der Waals surface area contributed by atoms with Gasteiger partial charge in [-0.1, -0.05) is 41.9 Å². The first-order valence-electron chi connectivity index (χ1n) is 7.28. The first-order chi connectivity index (χ1) is 11.8. The summed E-state index contributed by atoms with van der Waals surface area (Å²) >= 11 is 6.01. The molecule has 8 heteroatoms. The topological polar surface area (TPSA) is 58.2 Å². The summed E-state index contributed by atoms with van der Waals surface area (Å²) in [7, 11) is 0. The normalized spacial score (nSPS) is 11.0. The van der Waals surface area contributed by atoms with Crippen molar-refractivity contribution in [1.29, 1.82) is 0 Å². The lowest BCUT2D eigenvalue weighted by Gasteiger charge is -2.13. The highest BCUT2D eigenvalue weighted by atomic mass is 35.5. The molecule has 0 aromatic heterocycles. The number of carbonyl (C=O) groups excluding carboxylic acids is 2. The molecule has 0 atom stereocenters. The summed E-state index contributed by atoms with van der Waals surface area (Å²) in [6.07, 6.45) is -4.55. The Kier molecular flexibility index (Phi) is 6.03. The van der Waals surface area contributed by atoms with Gasteiger partial charge >= 0.3 is 12.1 Å². The molecule has 0 aliphatic rings. The van der Waals surface area contributed by atoms with Crippen molar-refractivity contribution < 1.29 is 22.8 Å². The minimum Gasteiger partial charge on any atom is -0.324 e. The van der Waals surface area contributed by atoms with Gasteiger partial charge in [-0.3, -0.25) is 9.59 Å². The number of aryl methyl sites for hydroxylation is 1. The molecule has 2 amide bonds. The van der Waals surface area contributed by atoms with Gasteiger partial charge in [0.15, 0.2) is 0 Å². The Morgan fingerprint density at radius 2 is 1.48 bits per heavy atom. The number of rotatable bonds is 5. The number of para-hydroxylation sites is 2. The van der Waals surface area contributed by atoms with Crippen LogP contribution in [0.25, 0.3) is 0 Å². The molecule has 0 heterocycles. The summed E-state index contributed by atoms with van der Waals surface area (Å²) in [6, 6.07) is 12.7. The van der Waals surface area contributed by atoms with Crippen LogP contribution in [0.15, 0.2) is 48.5 Å². The van der Waals surface area contributed by atoms with Gasteiger partial charge in [-0.25, -0.2) is 0 Å². The van der Waals surface area contributed by atoms with E-state index in [1.54, 1.807) is 29.6 Å². The fourth-order valence-corrected chi connectivity index (χ4v) is 2.29. The first kappa shape index (κ1) is 18.8. The molecule has 2 N–H and O–H groups in total. The van der Waals surface area contributed by atoms with Crippen LogP contribution in [-0.2, 0) is 16.0 Å². The SMILES string of the molecule is O=C(CCc1ccccc1Cl)Nc1ccccc1NC(=O)C(F)(F)F. The van der Waals surface area contributed by atoms with Crippen LogP contribution < -0.4 is 10.6 Å². The number of halogens is 4. The van der Waals surface area contributed by atoms with Crippen LogP contribution in [0.2, 0.25) is 5.02 Å². The maximum atomic E-state index is 12.4. The molecule has 0 spiro atoms. The second-order valence-corrected chi connectivity index (χ2v) is 5.54. The van der Waals surface area contributed by atoms with E-state index in [0.717, 1.165) is 5.56 Å². The third-order valence-corrected chi connectivity index (χ3v) is 3.65. The van der Waals surface area contributed by atoms with E-state index >= 15 is 0 Å². The Morgan fingerprint density at radius 3 is 2.08 bits per heavy atom. The van der Waals surface area contributed by atoms with Crippen molar-refractivity contribution in [3.05, 3.63) is 59.1 Å². The molecule has 0 saturated heterocycles. The zero-order valence-electron chi connectivity index (χ0n) is 12.9. The first-order valence-corrected chi connectivity index (χ1v) is 7.65. The molecule has 0 aliphatic heterocycles. The predicted octanol–water partition coefficient (Wildman–Crippen LogP) is 4.41. The Bertz CT molecular complexity index is 778. The lowest BCUT2D eigenvalue weighted by atomic mass is 10.1. The molecular formula is C17H14ClF3N2O2. The number of benzene rings is 2. The van der Waals surface area contributed by atoms with Gasteiger partial charge in [0.25, 0.3) is 0 Å². The minimum atomic E-state index is -5.01. The summed E-state index contributed by atoms with van der Waals surface area (Å²) in [6.45, 7) is 0. The minimum absolute atomic E-state index is 0.0873. The molecule has 0 fully saturated rings. The van der Waals surface area contributed by atoms with Gasteiger partial charge in [-0.15, -0.1) is 0 Å². The van der Waals surface area contributed by atoms with E-state index in [-0.39, 0.29) is 17.8 Å². The monoisotopic (exact) mass is 370 g/mol. The molecule has 4 nitrogen and oxygen atoms in total. The van der Waals surface area contributed by atoms with E-state index in [1.165, 1.54) is 24.3 Å². The lowest BCUT2D eigenvalue weighted by Crippen LogP contribution is -2.30. The van der Waals surface area contributed by atoms with E-state index in [4.69, 9.17) is 11.6 Å². The van der Waals surface area contributed by atoms with Crippen LogP contribution in [-0.4, -0.2) is 18.0 Å². The Balaban J connectivity index is 2.01. The number of nitrogens with one attached hydrogen (secondary N) is 2. The predicted molar refractivity (Wildman–Crippen MR) is 89.5 cm³/mol. The van der Waals surface area contributed by atoms with E-state index in [0.29, 0.717) is 11.4 Å². The van der Waals surface area contributed by atoms with Gasteiger partial charge < -0.3 is 10.6 Å². The molecule has 132 valence electrons. The maximum Gasteiger partial charge on any atom is 0.471 e. The second-order valence-electron chi connectivity index (χ2n) is 5.14. The third kappa shape index (κ3) is 5.49. The van der Waals surface area contributed by atoms with Crippen LogP contribution in [0.1, 0.15) is 12.0 Å². The standard InChI is InChI=1S/C17H14ClF3N2O2/c18-12-6-2-1-5-11(12)9-10-15(24)22-13-7-3-4-8-14(13)23-16(25)17(19,20)21/h1-8H,9-10H2,(H,22,24)(H,23,25). The highest BCUT2D eigenvalue weighted by Crippen LogP contribution is 2.25. The average molecular weight is 371 g/mol. The molecule has 0 radical (unpaired) electrons. The van der Waals surface area contributed by atoms with Crippen molar-refractivity contribution in [2.75, 3.05) is 10.6 Å². The van der Waals surface area contributed by atoms with Crippen molar-refractivity contribution in [2.24, 2.45) is 0 Å². The van der Waals surface area contributed by atoms with Gasteiger partial charge in [0.2, 0.25) is 5.91 Å². The molecule has 2 rings (SSSR count). The molecule has 0 saturated carbocycles. The molecule has 2 aromatic carbocycles. The summed E-state index contributed by atoms with van der Waals surface area (Å²) in [5.41, 5.74) is 0.748. The Labute approximate surface area is 147 Å². The van der Waals surface area contributed by atoms with Crippen molar-refractivity contribution >= 4 is 34.8 Å². The number of carbonyl (C=O) groups is 2. The van der Waals surface area contributed by atoms with Crippen LogP contribution >= 0.6 is 11.6 Å². The van der Waals surface area contributed by atoms with E-state index < -0.39 is 18.0 Å². The van der Waals surface area contributed by atoms with Crippen LogP contribution in [0, 0.1) is 0 Å². The van der Waals surface area contributed by atoms with Crippen molar-refractivity contribution in [1.82, 2.24) is 0 Å². The van der Waals surface area contributed by atoms with Gasteiger partial charge in [-0.2, -0.15) is 13.2 Å². The summed E-state index contributed by atoms with van der Waals surface area (Å²) in [4.78, 5) is 23.1. The lowest BCUT2D eigenvalue weighted by molar-refractivity contribution is -0.167. The largest absolute Gasteiger partial charge is 0.471 e. The average Bonchev–Trinajstić information content (AvgIpc) is 2.55. The Morgan fingerprint density at radius 1 is 0.920 bits per heavy atom. The second kappa shape index (κ2) is 8.02. The number of hydrogen-bond acceptors (Lipinski definition) is 2. The van der Waals surface area contributed by atoms with Crippen LogP contribution in [0.4, 0.5) is 24.5 Å². The van der Waals surface area contributed by atoms with Gasteiger partial charge in [0, 0.05) is 11.4 Å². The van der Waals surface area contributed by atoms with Crippen molar-refractivity contribution in [3.8, 4) is 0 Å². The zero-order chi connectivity index (χ0) is 18.4. The van der Waals surface area contributed by atoms with Gasteiger partial charge in [0.05, 0.1) is 11.4 Å². The molecule has 0 aliphatic carbocycles. The number of hydrogen-bond donors (Lipinski definition) is 2. The Hall–Kier alpha value is -2.54. The zero-order valence-corrected chi connectivity index (χ0v) is 13.6. The van der Waals surface area contributed by atoms with Gasteiger partial charge in [0.1, 0.15) is 0 Å². The highest BCUT2D eigenvalue weighted by Gasteiger charge is 2.39. The molecule has 2 aromatic rings. The molecule has 25 heavy (non-hydrogen) atoms. The molecular weight excluding hydrogens is 357 g/mol. The third-order valence-electron chi connectivity index (χ3n) is 3.29. The van der Waals surface area contributed by atoms with E-state index in [9.17, 15) is 22.8 Å². The summed E-state index contributed by atoms with van der Waals surface area (Å²) < 4.78 is 37.1. The molecule has 0 unspecified atom stereocenters. The molecule has 0 bridgehead atoms. The van der Waals surface area contributed by atoms with Gasteiger partial charge in [-0.05, 0) is 30.2 Å². The quantitative estimate of drug-likeness (QED) is 0.819. The summed E-state index contributed by atoms with van der Waals surface area (Å²) in [5, 5.41) is 4.77. The van der Waals surface area contributed by atoms with Crippen LogP contribution in [0.5, 0.6) is 0 Å². The fourth-order valence-electron chi connectivity index (χ4n) is 2.06. The summed E-state index contributed by atoms with van der Waals surface area (Å²) in [5.74, 6) is -2.51. The maximum absolute atomic E-state index is 12.4. The number of anilines is 2. The van der Waals surface area contributed by atoms with Crippen molar-refractivity contribution in [3.63, 3.8) is 0 Å². The van der Waals surface area contributed by atoms with Crippen molar-refractivity contribution in [2.45, 2.75) is 19.0 Å². The smallest absolute Gasteiger partial charge is 0.324 e. The van der Waals surface area contributed by atoms with Crippen LogP contribution in [0.3, 0.4) is 0 Å². The van der Waals surface area contributed by atoms with E-state index in [1.807, 2.05) is 0 Å². The number of amides is 2. The number of alkyl halides is 3. The van der Waals surface area contributed by atoms with E-state index in [2.05, 4.69) is 5.32 Å². The fraction of sp³-hybridized carbons (Fsp3) is 0.176.